The number of para-hydroxylation sites is 1. The van der Waals surface area contributed by atoms with Gasteiger partial charge >= 0.3 is 0 Å². The van der Waals surface area contributed by atoms with E-state index in [1.807, 2.05) is 42.5 Å². The summed E-state index contributed by atoms with van der Waals surface area (Å²) in [5.74, 6) is 0.157. The molecule has 2 aromatic carbocycles. The van der Waals surface area contributed by atoms with Gasteiger partial charge in [-0.25, -0.2) is 0 Å². The van der Waals surface area contributed by atoms with Crippen molar-refractivity contribution in [3.05, 3.63) is 70.6 Å². The quantitative estimate of drug-likeness (QED) is 0.491. The molecular formula is C21H24N6O. The molecule has 2 aliphatic heterocycles. The van der Waals surface area contributed by atoms with Gasteiger partial charge in [-0.2, -0.15) is 0 Å². The van der Waals surface area contributed by atoms with E-state index in [1.54, 1.807) is 0 Å². The molecule has 0 radical (unpaired) electrons. The van der Waals surface area contributed by atoms with Crippen LogP contribution in [0, 0.1) is 0 Å². The number of carbonyl (C=O) groups is 1. The highest BCUT2D eigenvalue weighted by atomic mass is 16.2. The molecule has 1 N–H and O–H groups in total. The Labute approximate surface area is 164 Å². The van der Waals surface area contributed by atoms with Crippen molar-refractivity contribution < 1.29 is 4.79 Å². The number of nitrogens with one attached hydrogen (secondary N) is 1. The van der Waals surface area contributed by atoms with Crippen LogP contribution in [0.4, 0.5) is 11.4 Å². The predicted molar refractivity (Wildman–Crippen MR) is 109 cm³/mol. The standard InChI is InChI=1S/C21H24N6O/c22-25-24-18-8-6-17(7-9-18)10-13-26-14-11-21(12-15-26)20(28)23-16-27(21)19-4-2-1-3-5-19/h1-9H,10-16H2,(H,23,28). The molecule has 0 bridgehead atoms. The van der Waals surface area contributed by atoms with Gasteiger partial charge in [0.2, 0.25) is 5.91 Å². The molecule has 4 rings (SSSR count). The zero-order chi connectivity index (χ0) is 19.4. The number of amides is 1. The number of benzene rings is 2. The molecule has 144 valence electrons. The summed E-state index contributed by atoms with van der Waals surface area (Å²) < 4.78 is 0. The van der Waals surface area contributed by atoms with Crippen LogP contribution < -0.4 is 10.2 Å². The lowest BCUT2D eigenvalue weighted by atomic mass is 9.85. The molecule has 0 saturated carbocycles. The molecule has 0 atom stereocenters. The molecule has 2 heterocycles. The first-order chi connectivity index (χ1) is 13.7. The largest absolute Gasteiger partial charge is 0.339 e. The molecule has 2 aromatic rings. The van der Waals surface area contributed by atoms with E-state index in [0.717, 1.165) is 44.6 Å². The van der Waals surface area contributed by atoms with Gasteiger partial charge in [-0.05, 0) is 42.5 Å². The maximum absolute atomic E-state index is 12.7. The SMILES string of the molecule is [N-]=[N+]=Nc1ccc(CCN2CCC3(CC2)C(=O)NCN3c2ccccc2)cc1. The number of hydrogen-bond acceptors (Lipinski definition) is 4. The first-order valence-electron chi connectivity index (χ1n) is 9.69. The van der Waals surface area contributed by atoms with E-state index in [1.165, 1.54) is 5.56 Å². The van der Waals surface area contributed by atoms with Crippen LogP contribution in [-0.4, -0.2) is 42.6 Å². The number of azide groups is 1. The van der Waals surface area contributed by atoms with E-state index in [4.69, 9.17) is 5.53 Å². The minimum atomic E-state index is -0.422. The third-order valence-corrected chi connectivity index (χ3v) is 5.90. The number of rotatable bonds is 5. The van der Waals surface area contributed by atoms with E-state index >= 15 is 0 Å². The van der Waals surface area contributed by atoms with Crippen LogP contribution >= 0.6 is 0 Å². The topological polar surface area (TPSA) is 84.3 Å². The van der Waals surface area contributed by atoms with Crippen LogP contribution in [0.15, 0.2) is 59.7 Å². The molecule has 1 amide bonds. The van der Waals surface area contributed by atoms with Gasteiger partial charge in [0, 0.05) is 35.9 Å². The Bertz CT molecular complexity index is 868. The van der Waals surface area contributed by atoms with Crippen LogP contribution in [-0.2, 0) is 11.2 Å². The van der Waals surface area contributed by atoms with Crippen molar-refractivity contribution in [1.29, 1.82) is 0 Å². The van der Waals surface area contributed by atoms with Crippen LogP contribution in [0.3, 0.4) is 0 Å². The van der Waals surface area contributed by atoms with Crippen molar-refractivity contribution in [2.75, 3.05) is 31.2 Å². The third kappa shape index (κ3) is 3.54. The molecule has 7 nitrogen and oxygen atoms in total. The summed E-state index contributed by atoms with van der Waals surface area (Å²) in [6.45, 7) is 3.37. The fourth-order valence-corrected chi connectivity index (χ4v) is 4.25. The van der Waals surface area contributed by atoms with E-state index in [-0.39, 0.29) is 5.91 Å². The van der Waals surface area contributed by atoms with Crippen LogP contribution in [0.2, 0.25) is 0 Å². The Balaban J connectivity index is 1.37. The van der Waals surface area contributed by atoms with Gasteiger partial charge in [0.1, 0.15) is 5.54 Å². The summed E-state index contributed by atoms with van der Waals surface area (Å²) in [6.07, 6.45) is 2.62. The lowest BCUT2D eigenvalue weighted by molar-refractivity contribution is -0.125. The highest BCUT2D eigenvalue weighted by molar-refractivity contribution is 5.93. The first-order valence-corrected chi connectivity index (χ1v) is 9.69. The monoisotopic (exact) mass is 376 g/mol. The number of anilines is 1. The maximum Gasteiger partial charge on any atom is 0.247 e. The summed E-state index contributed by atoms with van der Waals surface area (Å²) in [5, 5.41) is 6.66. The molecule has 2 fully saturated rings. The van der Waals surface area contributed by atoms with Gasteiger partial charge < -0.3 is 15.1 Å². The van der Waals surface area contributed by atoms with Crippen molar-refractivity contribution in [2.45, 2.75) is 24.8 Å². The molecule has 28 heavy (non-hydrogen) atoms. The van der Waals surface area contributed by atoms with Gasteiger partial charge in [0.05, 0.1) is 6.67 Å². The van der Waals surface area contributed by atoms with E-state index in [0.29, 0.717) is 12.4 Å². The van der Waals surface area contributed by atoms with Crippen LogP contribution in [0.5, 0.6) is 0 Å². The van der Waals surface area contributed by atoms with Crippen molar-refractivity contribution in [3.63, 3.8) is 0 Å². The van der Waals surface area contributed by atoms with Gasteiger partial charge in [-0.15, -0.1) is 0 Å². The van der Waals surface area contributed by atoms with Crippen molar-refractivity contribution in [1.82, 2.24) is 10.2 Å². The Morgan fingerprint density at radius 3 is 2.46 bits per heavy atom. The highest BCUT2D eigenvalue weighted by Crippen LogP contribution is 2.36. The number of carbonyl (C=O) groups excluding carboxylic acids is 1. The van der Waals surface area contributed by atoms with Crippen LogP contribution in [0.1, 0.15) is 18.4 Å². The second kappa shape index (κ2) is 7.92. The molecule has 0 aromatic heterocycles. The molecule has 2 saturated heterocycles. The second-order valence-electron chi connectivity index (χ2n) is 7.41. The third-order valence-electron chi connectivity index (χ3n) is 5.90. The predicted octanol–water partition coefficient (Wildman–Crippen LogP) is 3.60. The maximum atomic E-state index is 12.7. The van der Waals surface area contributed by atoms with Gasteiger partial charge in [-0.1, -0.05) is 47.6 Å². The van der Waals surface area contributed by atoms with E-state index in [2.05, 4.69) is 37.3 Å². The summed E-state index contributed by atoms with van der Waals surface area (Å²) in [4.78, 5) is 20.2. The lowest BCUT2D eigenvalue weighted by Gasteiger charge is -2.43. The van der Waals surface area contributed by atoms with Gasteiger partial charge in [0.15, 0.2) is 0 Å². The van der Waals surface area contributed by atoms with E-state index in [9.17, 15) is 4.79 Å². The number of likely N-dealkylation sites (tertiary alicyclic amines) is 1. The molecule has 1 spiro atoms. The van der Waals surface area contributed by atoms with E-state index < -0.39 is 5.54 Å². The molecule has 7 heteroatoms. The number of piperidine rings is 1. The molecule has 0 unspecified atom stereocenters. The van der Waals surface area contributed by atoms with Crippen molar-refractivity contribution >= 4 is 17.3 Å². The molecule has 0 aliphatic carbocycles. The van der Waals surface area contributed by atoms with Crippen LogP contribution in [0.25, 0.3) is 10.4 Å². The summed E-state index contributed by atoms with van der Waals surface area (Å²) in [6, 6.07) is 17.9. The minimum absolute atomic E-state index is 0.157. The van der Waals surface area contributed by atoms with Crippen molar-refractivity contribution in [3.8, 4) is 0 Å². The van der Waals surface area contributed by atoms with Gasteiger partial charge in [-0.3, -0.25) is 4.79 Å². The first kappa shape index (κ1) is 18.3. The fourth-order valence-electron chi connectivity index (χ4n) is 4.25. The molecular weight excluding hydrogens is 352 g/mol. The lowest BCUT2D eigenvalue weighted by Crippen LogP contribution is -2.56. The molecule has 2 aliphatic rings. The smallest absolute Gasteiger partial charge is 0.247 e. The Kier molecular flexibility index (Phi) is 5.19. The Morgan fingerprint density at radius 2 is 1.79 bits per heavy atom. The van der Waals surface area contributed by atoms with Gasteiger partial charge in [0.25, 0.3) is 0 Å². The highest BCUT2D eigenvalue weighted by Gasteiger charge is 2.50. The Hall–Kier alpha value is -3.02. The normalized spacial score (nSPS) is 18.7. The summed E-state index contributed by atoms with van der Waals surface area (Å²) in [7, 11) is 0. The summed E-state index contributed by atoms with van der Waals surface area (Å²) in [5.41, 5.74) is 11.0. The Morgan fingerprint density at radius 1 is 1.07 bits per heavy atom. The summed E-state index contributed by atoms with van der Waals surface area (Å²) >= 11 is 0. The minimum Gasteiger partial charge on any atom is -0.339 e. The van der Waals surface area contributed by atoms with Crippen molar-refractivity contribution in [2.24, 2.45) is 5.11 Å². The average Bonchev–Trinajstić information content (AvgIpc) is 3.05. The zero-order valence-corrected chi connectivity index (χ0v) is 15.8. The number of nitrogens with zero attached hydrogens (tertiary/aromatic N) is 5. The zero-order valence-electron chi connectivity index (χ0n) is 15.8. The second-order valence-corrected chi connectivity index (χ2v) is 7.41. The fraction of sp³-hybridized carbons (Fsp3) is 0.381. The average molecular weight is 376 g/mol. The number of hydrogen-bond donors (Lipinski definition) is 1.